The van der Waals surface area contributed by atoms with Gasteiger partial charge in [0.25, 0.3) is 0 Å². The molecule has 6 nitrogen and oxygen atoms in total. The summed E-state index contributed by atoms with van der Waals surface area (Å²) in [6.07, 6.45) is 0. The van der Waals surface area contributed by atoms with Gasteiger partial charge in [0.2, 0.25) is 0 Å². The van der Waals surface area contributed by atoms with Gasteiger partial charge in [-0.3, -0.25) is 0 Å². The van der Waals surface area contributed by atoms with Crippen LogP contribution >= 0.6 is 11.3 Å². The molecule has 0 amide bonds. The summed E-state index contributed by atoms with van der Waals surface area (Å²) in [6, 6.07) is 8.74. The number of carboxylic acids is 1. The van der Waals surface area contributed by atoms with E-state index in [1.807, 2.05) is 19.1 Å². The highest BCUT2D eigenvalue weighted by Gasteiger charge is 2.08. The van der Waals surface area contributed by atoms with Crippen molar-refractivity contribution in [2.75, 3.05) is 14.2 Å². The minimum Gasteiger partial charge on any atom is -0.493 e. The molecule has 1 aromatic carbocycles. The zero-order valence-electron chi connectivity index (χ0n) is 13.0. The number of aromatic carboxylic acids is 1. The summed E-state index contributed by atoms with van der Waals surface area (Å²) in [5.74, 6) is 0.319. The fourth-order valence-corrected chi connectivity index (χ4v) is 2.63. The molecule has 2 aromatic rings. The standard InChI is InChI=1S/C16H17NO5S/c1-10(11-4-6-13(20-2)14(8-11)21-3)17-22-9-12-5-7-15(23-12)16(18)19/h4-8H,9H2,1-3H3,(H,18,19). The van der Waals surface area contributed by atoms with Crippen molar-refractivity contribution in [1.82, 2.24) is 0 Å². The van der Waals surface area contributed by atoms with Crippen molar-refractivity contribution in [3.05, 3.63) is 45.6 Å². The van der Waals surface area contributed by atoms with Gasteiger partial charge in [-0.05, 0) is 37.3 Å². The fraction of sp³-hybridized carbons (Fsp3) is 0.250. The summed E-state index contributed by atoms with van der Waals surface area (Å²) in [4.78, 5) is 17.2. The van der Waals surface area contributed by atoms with E-state index in [0.29, 0.717) is 17.2 Å². The minimum atomic E-state index is -0.939. The van der Waals surface area contributed by atoms with Gasteiger partial charge >= 0.3 is 5.97 Å². The molecule has 0 bridgehead atoms. The van der Waals surface area contributed by atoms with Gasteiger partial charge in [-0.1, -0.05) is 5.16 Å². The van der Waals surface area contributed by atoms with Gasteiger partial charge in [0.05, 0.1) is 19.9 Å². The van der Waals surface area contributed by atoms with E-state index in [4.69, 9.17) is 19.4 Å². The Balaban J connectivity index is 2.03. The maximum atomic E-state index is 10.8. The topological polar surface area (TPSA) is 77.4 Å². The van der Waals surface area contributed by atoms with Crippen LogP contribution in [-0.4, -0.2) is 31.0 Å². The molecular weight excluding hydrogens is 318 g/mol. The number of oxime groups is 1. The lowest BCUT2D eigenvalue weighted by Crippen LogP contribution is -1.99. The number of methoxy groups -OCH3 is 2. The Morgan fingerprint density at radius 2 is 1.91 bits per heavy atom. The fourth-order valence-electron chi connectivity index (χ4n) is 1.88. The van der Waals surface area contributed by atoms with E-state index >= 15 is 0 Å². The van der Waals surface area contributed by atoms with Crippen LogP contribution in [0.1, 0.15) is 27.0 Å². The first kappa shape index (κ1) is 16.8. The van der Waals surface area contributed by atoms with Gasteiger partial charge < -0.3 is 19.4 Å². The molecular formula is C16H17NO5S. The zero-order valence-corrected chi connectivity index (χ0v) is 13.8. The van der Waals surface area contributed by atoms with E-state index in [1.165, 1.54) is 11.3 Å². The average molecular weight is 335 g/mol. The van der Waals surface area contributed by atoms with Crippen LogP contribution < -0.4 is 9.47 Å². The van der Waals surface area contributed by atoms with Gasteiger partial charge in [0, 0.05) is 10.4 Å². The molecule has 0 spiro atoms. The molecule has 0 saturated heterocycles. The molecule has 0 atom stereocenters. The van der Waals surface area contributed by atoms with E-state index in [-0.39, 0.29) is 11.5 Å². The Morgan fingerprint density at radius 3 is 2.52 bits per heavy atom. The van der Waals surface area contributed by atoms with Crippen molar-refractivity contribution in [3.8, 4) is 11.5 Å². The molecule has 23 heavy (non-hydrogen) atoms. The predicted octanol–water partition coefficient (Wildman–Crippen LogP) is 3.40. The molecule has 0 aliphatic carbocycles. The third kappa shape index (κ3) is 4.23. The Hall–Kier alpha value is -2.54. The van der Waals surface area contributed by atoms with Gasteiger partial charge in [-0.25, -0.2) is 4.79 Å². The quantitative estimate of drug-likeness (QED) is 0.620. The summed E-state index contributed by atoms with van der Waals surface area (Å²) < 4.78 is 10.4. The Bertz CT molecular complexity index is 723. The van der Waals surface area contributed by atoms with E-state index in [9.17, 15) is 4.79 Å². The lowest BCUT2D eigenvalue weighted by atomic mass is 10.1. The van der Waals surface area contributed by atoms with E-state index in [0.717, 1.165) is 10.4 Å². The molecule has 0 fully saturated rings. The first-order chi connectivity index (χ1) is 11.0. The number of ether oxygens (including phenoxy) is 2. The van der Waals surface area contributed by atoms with Crippen LogP contribution in [0.5, 0.6) is 11.5 Å². The average Bonchev–Trinajstić information content (AvgIpc) is 3.03. The predicted molar refractivity (Wildman–Crippen MR) is 87.8 cm³/mol. The second-order valence-electron chi connectivity index (χ2n) is 4.59. The number of thiophene rings is 1. The molecule has 1 N–H and O–H groups in total. The first-order valence-electron chi connectivity index (χ1n) is 6.76. The van der Waals surface area contributed by atoms with E-state index < -0.39 is 5.97 Å². The third-order valence-corrected chi connectivity index (χ3v) is 4.13. The summed E-state index contributed by atoms with van der Waals surface area (Å²) in [6.45, 7) is 2.04. The molecule has 0 aliphatic rings. The summed E-state index contributed by atoms with van der Waals surface area (Å²) in [7, 11) is 3.15. The maximum absolute atomic E-state index is 10.8. The highest BCUT2D eigenvalue weighted by molar-refractivity contribution is 7.13. The lowest BCUT2D eigenvalue weighted by Gasteiger charge is -2.09. The number of carboxylic acid groups (broad SMARTS) is 1. The highest BCUT2D eigenvalue weighted by Crippen LogP contribution is 2.27. The van der Waals surface area contributed by atoms with E-state index in [2.05, 4.69) is 5.16 Å². The van der Waals surface area contributed by atoms with Crippen LogP contribution in [0.15, 0.2) is 35.5 Å². The maximum Gasteiger partial charge on any atom is 0.345 e. The highest BCUT2D eigenvalue weighted by atomic mass is 32.1. The molecule has 0 aliphatic heterocycles. The van der Waals surface area contributed by atoms with Crippen LogP contribution in [0.4, 0.5) is 0 Å². The first-order valence-corrected chi connectivity index (χ1v) is 7.57. The zero-order chi connectivity index (χ0) is 16.8. The molecule has 1 heterocycles. The summed E-state index contributed by atoms with van der Waals surface area (Å²) in [5, 5.41) is 12.9. The smallest absolute Gasteiger partial charge is 0.345 e. The summed E-state index contributed by atoms with van der Waals surface area (Å²) >= 11 is 1.17. The van der Waals surface area contributed by atoms with Crippen molar-refractivity contribution in [1.29, 1.82) is 0 Å². The number of carbonyl (C=O) groups is 1. The Labute approximate surface area is 137 Å². The van der Waals surface area contributed by atoms with Gasteiger partial charge in [-0.2, -0.15) is 0 Å². The van der Waals surface area contributed by atoms with Crippen molar-refractivity contribution >= 4 is 23.0 Å². The second kappa shape index (κ2) is 7.64. The van der Waals surface area contributed by atoms with Gasteiger partial charge in [0.1, 0.15) is 4.88 Å². The lowest BCUT2D eigenvalue weighted by molar-refractivity contribution is 0.0702. The van der Waals surface area contributed by atoms with Gasteiger partial charge in [0.15, 0.2) is 18.1 Å². The van der Waals surface area contributed by atoms with E-state index in [1.54, 1.807) is 32.4 Å². The van der Waals surface area contributed by atoms with Crippen LogP contribution in [-0.2, 0) is 11.4 Å². The van der Waals surface area contributed by atoms with Crippen molar-refractivity contribution in [2.24, 2.45) is 5.16 Å². The minimum absolute atomic E-state index is 0.225. The largest absolute Gasteiger partial charge is 0.493 e. The molecule has 0 saturated carbocycles. The number of benzene rings is 1. The monoisotopic (exact) mass is 335 g/mol. The molecule has 2 rings (SSSR count). The van der Waals surface area contributed by atoms with Crippen LogP contribution in [0.25, 0.3) is 0 Å². The van der Waals surface area contributed by atoms with Crippen LogP contribution in [0.2, 0.25) is 0 Å². The SMILES string of the molecule is COc1ccc(C(C)=NOCc2ccc(C(=O)O)s2)cc1OC. The molecule has 122 valence electrons. The van der Waals surface area contributed by atoms with Crippen molar-refractivity contribution in [3.63, 3.8) is 0 Å². The molecule has 0 radical (unpaired) electrons. The number of nitrogens with zero attached hydrogens (tertiary/aromatic N) is 1. The number of hydrogen-bond donors (Lipinski definition) is 1. The van der Waals surface area contributed by atoms with Crippen LogP contribution in [0.3, 0.4) is 0 Å². The normalized spacial score (nSPS) is 11.2. The summed E-state index contributed by atoms with van der Waals surface area (Å²) in [5.41, 5.74) is 1.53. The Morgan fingerprint density at radius 1 is 1.17 bits per heavy atom. The number of rotatable bonds is 7. The third-order valence-electron chi connectivity index (χ3n) is 3.08. The second-order valence-corrected chi connectivity index (χ2v) is 5.76. The Kier molecular flexibility index (Phi) is 5.59. The van der Waals surface area contributed by atoms with Gasteiger partial charge in [-0.15, -0.1) is 11.3 Å². The van der Waals surface area contributed by atoms with Crippen molar-refractivity contribution < 1.29 is 24.2 Å². The van der Waals surface area contributed by atoms with Crippen LogP contribution in [0, 0.1) is 0 Å². The molecule has 0 unspecified atom stereocenters. The molecule has 7 heteroatoms. The molecule has 1 aromatic heterocycles. The number of hydrogen-bond acceptors (Lipinski definition) is 6. The van der Waals surface area contributed by atoms with Crippen molar-refractivity contribution in [2.45, 2.75) is 13.5 Å².